The molecule has 0 bridgehead atoms. The third-order valence-electron chi connectivity index (χ3n) is 1.62. The van der Waals surface area contributed by atoms with Gasteiger partial charge in [-0.2, -0.15) is 0 Å². The van der Waals surface area contributed by atoms with Gasteiger partial charge in [-0.3, -0.25) is 0 Å². The van der Waals surface area contributed by atoms with Gasteiger partial charge in [0.15, 0.2) is 11.1 Å². The van der Waals surface area contributed by atoms with Gasteiger partial charge in [-0.25, -0.2) is 8.60 Å². The standard InChI is InChI=1S/C8H10FNO2S/c9-7-1-2-8(13(11)12)6(5-7)3-4-10/h1-2,5H,3-4,10H2,(H,11,12). The normalized spacial score (nSPS) is 12.8. The van der Waals surface area contributed by atoms with Gasteiger partial charge in [-0.15, -0.1) is 0 Å². The van der Waals surface area contributed by atoms with Gasteiger partial charge in [0, 0.05) is 0 Å². The van der Waals surface area contributed by atoms with Crippen LogP contribution in [0.2, 0.25) is 0 Å². The van der Waals surface area contributed by atoms with Crippen LogP contribution in [-0.2, 0) is 17.5 Å². The number of halogens is 1. The molecule has 13 heavy (non-hydrogen) atoms. The van der Waals surface area contributed by atoms with E-state index in [0.717, 1.165) is 6.07 Å². The van der Waals surface area contributed by atoms with E-state index in [0.29, 0.717) is 18.5 Å². The van der Waals surface area contributed by atoms with Crippen molar-refractivity contribution in [2.24, 2.45) is 5.73 Å². The van der Waals surface area contributed by atoms with Crippen LogP contribution in [0.15, 0.2) is 23.1 Å². The zero-order chi connectivity index (χ0) is 9.84. The first-order valence-electron chi connectivity index (χ1n) is 3.74. The molecule has 0 saturated carbocycles. The topological polar surface area (TPSA) is 63.3 Å². The summed E-state index contributed by atoms with van der Waals surface area (Å²) in [5.74, 6) is -0.419. The number of hydrogen-bond acceptors (Lipinski definition) is 2. The number of rotatable bonds is 3. The molecule has 0 saturated heterocycles. The Morgan fingerprint density at radius 2 is 2.23 bits per heavy atom. The molecule has 5 heteroatoms. The molecule has 0 amide bonds. The molecule has 1 rings (SSSR count). The minimum Gasteiger partial charge on any atom is -0.330 e. The van der Waals surface area contributed by atoms with Crippen molar-refractivity contribution in [3.05, 3.63) is 29.6 Å². The van der Waals surface area contributed by atoms with Crippen LogP contribution >= 0.6 is 0 Å². The van der Waals surface area contributed by atoms with Crippen molar-refractivity contribution in [1.29, 1.82) is 0 Å². The number of benzene rings is 1. The molecule has 0 fully saturated rings. The zero-order valence-corrected chi connectivity index (χ0v) is 7.68. The largest absolute Gasteiger partial charge is 0.330 e. The molecule has 0 aliphatic rings. The molecule has 3 N–H and O–H groups in total. The van der Waals surface area contributed by atoms with E-state index in [2.05, 4.69) is 0 Å². The highest BCUT2D eigenvalue weighted by Gasteiger charge is 2.07. The lowest BCUT2D eigenvalue weighted by Gasteiger charge is -2.04. The maximum absolute atomic E-state index is 12.7. The molecule has 0 aromatic heterocycles. The molecular weight excluding hydrogens is 193 g/mol. The Kier molecular flexibility index (Phi) is 3.53. The average Bonchev–Trinajstić information content (AvgIpc) is 2.04. The average molecular weight is 203 g/mol. The number of hydrogen-bond donors (Lipinski definition) is 2. The van der Waals surface area contributed by atoms with Crippen LogP contribution in [0.3, 0.4) is 0 Å². The minimum atomic E-state index is -2.07. The van der Waals surface area contributed by atoms with Crippen LogP contribution in [0.5, 0.6) is 0 Å². The van der Waals surface area contributed by atoms with Crippen molar-refractivity contribution >= 4 is 11.1 Å². The van der Waals surface area contributed by atoms with Crippen molar-refractivity contribution in [3.63, 3.8) is 0 Å². The molecular formula is C8H10FNO2S. The van der Waals surface area contributed by atoms with Crippen molar-refractivity contribution in [1.82, 2.24) is 0 Å². The van der Waals surface area contributed by atoms with E-state index in [1.54, 1.807) is 0 Å². The molecule has 0 heterocycles. The van der Waals surface area contributed by atoms with E-state index in [4.69, 9.17) is 10.3 Å². The van der Waals surface area contributed by atoms with Gasteiger partial charge in [-0.05, 0) is 36.7 Å². The van der Waals surface area contributed by atoms with E-state index in [1.807, 2.05) is 0 Å². The second kappa shape index (κ2) is 4.45. The molecule has 72 valence electrons. The Morgan fingerprint density at radius 1 is 1.54 bits per heavy atom. The lowest BCUT2D eigenvalue weighted by molar-refractivity contribution is 0.562. The molecule has 0 aliphatic carbocycles. The molecule has 3 nitrogen and oxygen atoms in total. The fourth-order valence-corrected chi connectivity index (χ4v) is 1.64. The second-order valence-corrected chi connectivity index (χ2v) is 3.48. The lowest BCUT2D eigenvalue weighted by Crippen LogP contribution is -2.06. The Morgan fingerprint density at radius 3 is 2.77 bits per heavy atom. The monoisotopic (exact) mass is 203 g/mol. The van der Waals surface area contributed by atoms with Gasteiger partial charge >= 0.3 is 0 Å². The highest BCUT2D eigenvalue weighted by molar-refractivity contribution is 7.79. The third kappa shape index (κ3) is 2.58. The van der Waals surface area contributed by atoms with Gasteiger partial charge in [0.2, 0.25) is 0 Å². The van der Waals surface area contributed by atoms with Gasteiger partial charge in [0.05, 0.1) is 4.90 Å². The van der Waals surface area contributed by atoms with Crippen molar-refractivity contribution < 1.29 is 13.2 Å². The summed E-state index contributed by atoms with van der Waals surface area (Å²) in [5, 5.41) is 0. The SMILES string of the molecule is NCCc1cc(F)ccc1S(=O)O. The maximum Gasteiger partial charge on any atom is 0.186 e. The summed E-state index contributed by atoms with van der Waals surface area (Å²) in [7, 11) is 0. The van der Waals surface area contributed by atoms with Crippen molar-refractivity contribution in [2.75, 3.05) is 6.54 Å². The highest BCUT2D eigenvalue weighted by Crippen LogP contribution is 2.14. The van der Waals surface area contributed by atoms with Gasteiger partial charge in [0.25, 0.3) is 0 Å². The summed E-state index contributed by atoms with van der Waals surface area (Å²) in [6, 6.07) is 3.69. The molecule has 1 aromatic carbocycles. The molecule has 1 atom stereocenters. The molecule has 1 aromatic rings. The van der Waals surface area contributed by atoms with Crippen LogP contribution in [0, 0.1) is 5.82 Å². The van der Waals surface area contributed by atoms with E-state index in [1.165, 1.54) is 12.1 Å². The first-order chi connectivity index (χ1) is 6.15. The van der Waals surface area contributed by atoms with E-state index < -0.39 is 16.9 Å². The lowest BCUT2D eigenvalue weighted by atomic mass is 10.1. The van der Waals surface area contributed by atoms with Gasteiger partial charge < -0.3 is 10.3 Å². The van der Waals surface area contributed by atoms with E-state index in [9.17, 15) is 8.60 Å². The molecule has 0 radical (unpaired) electrons. The van der Waals surface area contributed by atoms with Crippen LogP contribution in [0.4, 0.5) is 4.39 Å². The van der Waals surface area contributed by atoms with Gasteiger partial charge in [0.1, 0.15) is 5.82 Å². The van der Waals surface area contributed by atoms with Crippen molar-refractivity contribution in [2.45, 2.75) is 11.3 Å². The predicted molar refractivity (Wildman–Crippen MR) is 48.2 cm³/mol. The fraction of sp³-hybridized carbons (Fsp3) is 0.250. The van der Waals surface area contributed by atoms with Crippen LogP contribution < -0.4 is 5.73 Å². The summed E-state index contributed by atoms with van der Waals surface area (Å²) in [5.41, 5.74) is 5.77. The van der Waals surface area contributed by atoms with E-state index in [-0.39, 0.29) is 4.90 Å². The minimum absolute atomic E-state index is 0.229. The maximum atomic E-state index is 12.7. The van der Waals surface area contributed by atoms with Gasteiger partial charge in [-0.1, -0.05) is 0 Å². The summed E-state index contributed by atoms with van der Waals surface area (Å²) >= 11 is -2.07. The van der Waals surface area contributed by atoms with Crippen LogP contribution in [-0.4, -0.2) is 15.3 Å². The third-order valence-corrected chi connectivity index (χ3v) is 2.40. The van der Waals surface area contributed by atoms with Crippen molar-refractivity contribution in [3.8, 4) is 0 Å². The zero-order valence-electron chi connectivity index (χ0n) is 6.87. The summed E-state index contributed by atoms with van der Waals surface area (Å²) < 4.78 is 32.3. The smallest absolute Gasteiger partial charge is 0.186 e. The molecule has 1 unspecified atom stereocenters. The Bertz CT molecular complexity index is 330. The quantitative estimate of drug-likeness (QED) is 0.718. The fourth-order valence-electron chi connectivity index (χ4n) is 1.07. The Balaban J connectivity index is 3.10. The first-order valence-corrected chi connectivity index (χ1v) is 4.85. The second-order valence-electron chi connectivity index (χ2n) is 2.54. The van der Waals surface area contributed by atoms with Crippen LogP contribution in [0.1, 0.15) is 5.56 Å². The Labute approximate surface area is 78.0 Å². The highest BCUT2D eigenvalue weighted by atomic mass is 32.2. The predicted octanol–water partition coefficient (Wildman–Crippen LogP) is 0.907. The van der Waals surface area contributed by atoms with E-state index >= 15 is 0 Å². The first kappa shape index (κ1) is 10.3. The Hall–Kier alpha value is -0.780. The molecule has 0 aliphatic heterocycles. The summed E-state index contributed by atoms with van der Waals surface area (Å²) in [4.78, 5) is 0.229. The molecule has 0 spiro atoms. The number of nitrogens with two attached hydrogens (primary N) is 1. The summed E-state index contributed by atoms with van der Waals surface area (Å²) in [6.45, 7) is 0.327. The van der Waals surface area contributed by atoms with Crippen LogP contribution in [0.25, 0.3) is 0 Å². The summed E-state index contributed by atoms with van der Waals surface area (Å²) in [6.07, 6.45) is 0.402.